The number of urea groups is 1. The van der Waals surface area contributed by atoms with Crippen molar-refractivity contribution in [3.63, 3.8) is 0 Å². The molecule has 1 saturated carbocycles. The number of hydrogen-bond donors (Lipinski definition) is 1. The lowest BCUT2D eigenvalue weighted by molar-refractivity contribution is 0.221. The zero-order valence-electron chi connectivity index (χ0n) is 11.4. The van der Waals surface area contributed by atoms with Crippen molar-refractivity contribution in [3.05, 3.63) is 27.2 Å². The molecule has 106 valence electrons. The lowest BCUT2D eigenvalue weighted by Gasteiger charge is -2.15. The Morgan fingerprint density at radius 2 is 2.35 bits per heavy atom. The quantitative estimate of drug-likeness (QED) is 0.941. The number of rotatable bonds is 4. The third kappa shape index (κ3) is 3.16. The molecule has 20 heavy (non-hydrogen) atoms. The van der Waals surface area contributed by atoms with Crippen LogP contribution in [0.4, 0.5) is 9.93 Å². The molecule has 1 aliphatic rings. The molecule has 0 aromatic carbocycles. The maximum atomic E-state index is 12.1. The Morgan fingerprint density at radius 3 is 3.00 bits per heavy atom. The smallest absolute Gasteiger partial charge is 0.322 e. The van der Waals surface area contributed by atoms with E-state index in [-0.39, 0.29) is 6.03 Å². The highest BCUT2D eigenvalue weighted by Crippen LogP contribution is 2.40. The standard InChI is InChI=1S/C13H16N4OS2/c1-8-14-5-10(20-8)6-17(2)13(18)16-12-15-11(7-19-12)9-3-4-9/h5,7,9H,3-4,6H2,1-2H3,(H,15,16,18). The van der Waals surface area contributed by atoms with Gasteiger partial charge in [0.1, 0.15) is 0 Å². The molecule has 0 aliphatic heterocycles. The summed E-state index contributed by atoms with van der Waals surface area (Å²) in [4.78, 5) is 23.5. The molecule has 0 atom stereocenters. The molecule has 0 spiro atoms. The summed E-state index contributed by atoms with van der Waals surface area (Å²) < 4.78 is 0. The Hall–Kier alpha value is -1.47. The zero-order valence-corrected chi connectivity index (χ0v) is 13.1. The summed E-state index contributed by atoms with van der Waals surface area (Å²) >= 11 is 3.10. The van der Waals surface area contributed by atoms with E-state index in [2.05, 4.69) is 15.3 Å². The van der Waals surface area contributed by atoms with Gasteiger partial charge >= 0.3 is 6.03 Å². The van der Waals surface area contributed by atoms with E-state index >= 15 is 0 Å². The first-order valence-corrected chi connectivity index (χ1v) is 8.20. The predicted molar refractivity (Wildman–Crippen MR) is 81.4 cm³/mol. The molecule has 0 unspecified atom stereocenters. The van der Waals surface area contributed by atoms with Crippen molar-refractivity contribution in [2.75, 3.05) is 12.4 Å². The molecule has 2 heterocycles. The summed E-state index contributed by atoms with van der Waals surface area (Å²) in [5, 5.41) is 6.59. The highest BCUT2D eigenvalue weighted by atomic mass is 32.1. The normalized spacial score (nSPS) is 14.3. The minimum atomic E-state index is -0.132. The molecule has 7 heteroatoms. The van der Waals surface area contributed by atoms with E-state index in [1.54, 1.807) is 23.3 Å². The van der Waals surface area contributed by atoms with Crippen LogP contribution in [0.15, 0.2) is 11.6 Å². The number of carbonyl (C=O) groups excluding carboxylic acids is 1. The van der Waals surface area contributed by atoms with Gasteiger partial charge in [0, 0.05) is 29.4 Å². The topological polar surface area (TPSA) is 58.1 Å². The first-order valence-electron chi connectivity index (χ1n) is 6.50. The van der Waals surface area contributed by atoms with Gasteiger partial charge in [0.05, 0.1) is 17.2 Å². The van der Waals surface area contributed by atoms with Crippen LogP contribution in [0.3, 0.4) is 0 Å². The first-order chi connectivity index (χ1) is 9.61. The van der Waals surface area contributed by atoms with Gasteiger partial charge in [-0.25, -0.2) is 14.8 Å². The van der Waals surface area contributed by atoms with E-state index < -0.39 is 0 Å². The molecule has 1 N–H and O–H groups in total. The summed E-state index contributed by atoms with van der Waals surface area (Å²) in [6.45, 7) is 2.53. The van der Waals surface area contributed by atoms with Crippen LogP contribution in [-0.4, -0.2) is 27.9 Å². The second-order valence-electron chi connectivity index (χ2n) is 4.98. The number of thiazole rings is 2. The Kier molecular flexibility index (Phi) is 3.71. The van der Waals surface area contributed by atoms with Crippen LogP contribution in [0.5, 0.6) is 0 Å². The van der Waals surface area contributed by atoms with Crippen molar-refractivity contribution >= 4 is 33.8 Å². The zero-order chi connectivity index (χ0) is 14.1. The number of nitrogens with zero attached hydrogens (tertiary/aromatic N) is 3. The number of carbonyl (C=O) groups is 1. The van der Waals surface area contributed by atoms with E-state index in [0.717, 1.165) is 15.6 Å². The minimum absolute atomic E-state index is 0.132. The fourth-order valence-electron chi connectivity index (χ4n) is 1.88. The van der Waals surface area contributed by atoms with Gasteiger partial charge in [0.2, 0.25) is 0 Å². The summed E-state index contributed by atoms with van der Waals surface area (Å²) in [6, 6.07) is -0.132. The molecule has 1 aliphatic carbocycles. The second kappa shape index (κ2) is 5.49. The molecule has 0 saturated heterocycles. The van der Waals surface area contributed by atoms with Crippen LogP contribution in [0.25, 0.3) is 0 Å². The van der Waals surface area contributed by atoms with Crippen LogP contribution in [0, 0.1) is 6.92 Å². The van der Waals surface area contributed by atoms with Gasteiger partial charge < -0.3 is 4.90 Å². The van der Waals surface area contributed by atoms with Gasteiger partial charge in [-0.15, -0.1) is 22.7 Å². The number of hydrogen-bond acceptors (Lipinski definition) is 5. The number of amides is 2. The molecule has 1 fully saturated rings. The summed E-state index contributed by atoms with van der Waals surface area (Å²) in [5.41, 5.74) is 1.12. The molecule has 2 amide bonds. The fraction of sp³-hybridized carbons (Fsp3) is 0.462. The molecule has 2 aromatic heterocycles. The Labute approximate surface area is 125 Å². The number of anilines is 1. The third-order valence-electron chi connectivity index (χ3n) is 3.14. The van der Waals surface area contributed by atoms with Gasteiger partial charge in [-0.05, 0) is 19.8 Å². The van der Waals surface area contributed by atoms with Crippen molar-refractivity contribution in [2.24, 2.45) is 0 Å². The number of nitrogens with one attached hydrogen (secondary N) is 1. The SMILES string of the molecule is Cc1ncc(CN(C)C(=O)Nc2nc(C3CC3)cs2)s1. The van der Waals surface area contributed by atoms with Gasteiger partial charge in [0.25, 0.3) is 0 Å². The van der Waals surface area contributed by atoms with Crippen molar-refractivity contribution in [1.29, 1.82) is 0 Å². The van der Waals surface area contributed by atoms with Crippen LogP contribution in [0.2, 0.25) is 0 Å². The average molecular weight is 308 g/mol. The van der Waals surface area contributed by atoms with Crippen molar-refractivity contribution in [2.45, 2.75) is 32.2 Å². The van der Waals surface area contributed by atoms with Gasteiger partial charge in [-0.2, -0.15) is 0 Å². The molecule has 0 bridgehead atoms. The predicted octanol–water partition coefficient (Wildman–Crippen LogP) is 3.45. The monoisotopic (exact) mass is 308 g/mol. The average Bonchev–Trinajstić information content (AvgIpc) is 3.03. The highest BCUT2D eigenvalue weighted by molar-refractivity contribution is 7.14. The van der Waals surface area contributed by atoms with E-state index in [0.29, 0.717) is 17.6 Å². The lowest BCUT2D eigenvalue weighted by Crippen LogP contribution is -2.30. The molecule has 5 nitrogen and oxygen atoms in total. The molecular formula is C13H16N4OS2. The lowest BCUT2D eigenvalue weighted by atomic mass is 10.3. The van der Waals surface area contributed by atoms with Crippen LogP contribution in [-0.2, 0) is 6.54 Å². The van der Waals surface area contributed by atoms with E-state index in [1.165, 1.54) is 24.2 Å². The third-order valence-corrected chi connectivity index (χ3v) is 4.81. The van der Waals surface area contributed by atoms with E-state index in [4.69, 9.17) is 0 Å². The molecular weight excluding hydrogens is 292 g/mol. The minimum Gasteiger partial charge on any atom is -0.322 e. The van der Waals surface area contributed by atoms with Gasteiger partial charge in [-0.1, -0.05) is 0 Å². The second-order valence-corrected chi connectivity index (χ2v) is 7.16. The molecule has 3 rings (SSSR count). The van der Waals surface area contributed by atoms with Crippen molar-refractivity contribution in [1.82, 2.24) is 14.9 Å². The van der Waals surface area contributed by atoms with E-state index in [9.17, 15) is 4.79 Å². The summed E-state index contributed by atoms with van der Waals surface area (Å²) in [7, 11) is 1.78. The van der Waals surface area contributed by atoms with Gasteiger partial charge in [0.15, 0.2) is 5.13 Å². The van der Waals surface area contributed by atoms with E-state index in [1.807, 2.05) is 18.5 Å². The maximum absolute atomic E-state index is 12.1. The Bertz CT molecular complexity index is 617. The maximum Gasteiger partial charge on any atom is 0.323 e. The van der Waals surface area contributed by atoms with Crippen LogP contribution < -0.4 is 5.32 Å². The molecule has 0 radical (unpaired) electrons. The highest BCUT2D eigenvalue weighted by Gasteiger charge is 2.26. The van der Waals surface area contributed by atoms with Gasteiger partial charge in [-0.3, -0.25) is 5.32 Å². The van der Waals surface area contributed by atoms with Crippen molar-refractivity contribution < 1.29 is 4.79 Å². The Morgan fingerprint density at radius 1 is 1.55 bits per heavy atom. The first kappa shape index (κ1) is 13.5. The Balaban J connectivity index is 1.57. The fourth-order valence-corrected chi connectivity index (χ4v) is 3.51. The van der Waals surface area contributed by atoms with Crippen LogP contribution >= 0.6 is 22.7 Å². The molecule has 2 aromatic rings. The number of aromatic nitrogens is 2. The van der Waals surface area contributed by atoms with Crippen LogP contribution in [0.1, 0.15) is 34.3 Å². The summed E-state index contributed by atoms with van der Waals surface area (Å²) in [5.74, 6) is 0.620. The number of aryl methyl sites for hydroxylation is 1. The summed E-state index contributed by atoms with van der Waals surface area (Å²) in [6.07, 6.45) is 4.27. The largest absolute Gasteiger partial charge is 0.323 e. The van der Waals surface area contributed by atoms with Crippen molar-refractivity contribution in [3.8, 4) is 0 Å².